The van der Waals surface area contributed by atoms with Crippen LogP contribution in [0, 0.1) is 11.6 Å². The van der Waals surface area contributed by atoms with Gasteiger partial charge in [0.05, 0.1) is 28.6 Å². The molecule has 3 heterocycles. The smallest absolute Gasteiger partial charge is 0.257 e. The second-order valence-corrected chi connectivity index (χ2v) is 9.95. The summed E-state index contributed by atoms with van der Waals surface area (Å²) in [7, 11) is 1.70. The molecule has 1 aliphatic heterocycles. The van der Waals surface area contributed by atoms with Crippen LogP contribution in [0.1, 0.15) is 40.9 Å². The van der Waals surface area contributed by atoms with E-state index < -0.39 is 36.3 Å². The molecule has 0 bridgehead atoms. The minimum atomic E-state index is -2.77. The number of carbonyl (C=O) groups is 2. The van der Waals surface area contributed by atoms with Crippen LogP contribution in [-0.2, 0) is 11.2 Å². The standard InChI is InChI=1S/C30H27F4N5O2/c1-16-13-23-26(30(41)39(16)2)28(36-22-6-4-3-5-21(22)32)27(37-23)18-11-12-35-25(14-18)38-29(40)20(15-24(33)34)17-7-9-19(31)10-8-17/h3-12,14,16,20,24,36-37H,13,15H2,1-2H3,(H,35,38,40)/t16-,20-/m0/s1. The number of anilines is 3. The lowest BCUT2D eigenvalue weighted by Gasteiger charge is -2.30. The molecule has 0 unspecified atom stereocenters. The number of aromatic nitrogens is 2. The van der Waals surface area contributed by atoms with Crippen LogP contribution in [0.15, 0.2) is 66.9 Å². The number of nitrogens with zero attached hydrogens (tertiary/aromatic N) is 2. The number of carbonyl (C=O) groups excluding carboxylic acids is 2. The molecule has 0 fully saturated rings. The number of para-hydroxylation sites is 1. The number of likely N-dealkylation sites (N-methyl/N-ethyl adjacent to an activating group) is 1. The molecule has 7 nitrogen and oxygen atoms in total. The van der Waals surface area contributed by atoms with E-state index in [1.54, 1.807) is 36.2 Å². The first-order valence-corrected chi connectivity index (χ1v) is 13.0. The van der Waals surface area contributed by atoms with Gasteiger partial charge in [-0.1, -0.05) is 24.3 Å². The molecule has 3 N–H and O–H groups in total. The van der Waals surface area contributed by atoms with Gasteiger partial charge in [-0.05, 0) is 48.9 Å². The van der Waals surface area contributed by atoms with Crippen LogP contribution in [0.5, 0.6) is 0 Å². The Kier molecular flexibility index (Phi) is 7.78. The molecular formula is C30H27F4N5O2. The van der Waals surface area contributed by atoms with E-state index in [1.165, 1.54) is 30.5 Å². The van der Waals surface area contributed by atoms with Crippen LogP contribution in [0.4, 0.5) is 34.8 Å². The lowest BCUT2D eigenvalue weighted by Crippen LogP contribution is -2.41. The molecule has 41 heavy (non-hydrogen) atoms. The third kappa shape index (κ3) is 5.79. The van der Waals surface area contributed by atoms with Crippen molar-refractivity contribution in [1.82, 2.24) is 14.9 Å². The maximum atomic E-state index is 14.6. The van der Waals surface area contributed by atoms with Gasteiger partial charge in [0, 0.05) is 43.4 Å². The Morgan fingerprint density at radius 3 is 2.56 bits per heavy atom. The van der Waals surface area contributed by atoms with E-state index in [1.807, 2.05) is 6.92 Å². The molecule has 0 aliphatic carbocycles. The molecule has 0 spiro atoms. The van der Waals surface area contributed by atoms with Gasteiger partial charge in [0.2, 0.25) is 12.3 Å². The second-order valence-electron chi connectivity index (χ2n) is 9.95. The van der Waals surface area contributed by atoms with Crippen molar-refractivity contribution >= 4 is 29.0 Å². The second kappa shape index (κ2) is 11.4. The van der Waals surface area contributed by atoms with Crippen molar-refractivity contribution in [3.8, 4) is 11.3 Å². The summed E-state index contributed by atoms with van der Waals surface area (Å²) in [6.45, 7) is 1.92. The average molecular weight is 566 g/mol. The minimum absolute atomic E-state index is 0.0756. The molecule has 0 radical (unpaired) electrons. The van der Waals surface area contributed by atoms with Crippen molar-refractivity contribution < 1.29 is 27.2 Å². The van der Waals surface area contributed by atoms with Gasteiger partial charge in [0.1, 0.15) is 17.5 Å². The fourth-order valence-corrected chi connectivity index (χ4v) is 4.92. The van der Waals surface area contributed by atoms with Crippen molar-refractivity contribution in [3.63, 3.8) is 0 Å². The first-order valence-electron chi connectivity index (χ1n) is 13.0. The van der Waals surface area contributed by atoms with E-state index in [0.717, 1.165) is 12.1 Å². The maximum Gasteiger partial charge on any atom is 0.257 e. The number of hydrogen-bond acceptors (Lipinski definition) is 4. The average Bonchev–Trinajstić information content (AvgIpc) is 3.30. The zero-order valence-electron chi connectivity index (χ0n) is 22.2. The number of H-pyrrole nitrogens is 1. The molecule has 2 aromatic heterocycles. The summed E-state index contributed by atoms with van der Waals surface area (Å²) >= 11 is 0. The Bertz CT molecular complexity index is 1590. The monoisotopic (exact) mass is 565 g/mol. The fourth-order valence-electron chi connectivity index (χ4n) is 4.92. The van der Waals surface area contributed by atoms with Gasteiger partial charge >= 0.3 is 0 Å². The number of hydrogen-bond donors (Lipinski definition) is 3. The van der Waals surface area contributed by atoms with E-state index in [9.17, 15) is 27.2 Å². The van der Waals surface area contributed by atoms with Gasteiger partial charge in [0.15, 0.2) is 0 Å². The molecule has 5 rings (SSSR count). The van der Waals surface area contributed by atoms with Gasteiger partial charge in [-0.15, -0.1) is 0 Å². The molecule has 2 atom stereocenters. The first kappa shape index (κ1) is 27.9. The molecular weight excluding hydrogens is 538 g/mol. The van der Waals surface area contributed by atoms with E-state index in [0.29, 0.717) is 34.6 Å². The predicted molar refractivity (Wildman–Crippen MR) is 147 cm³/mol. The van der Waals surface area contributed by atoms with E-state index >= 15 is 0 Å². The lowest BCUT2D eigenvalue weighted by atomic mass is 9.95. The Balaban J connectivity index is 1.51. The largest absolute Gasteiger partial charge is 0.356 e. The summed E-state index contributed by atoms with van der Waals surface area (Å²) in [5.74, 6) is -3.19. The summed E-state index contributed by atoms with van der Waals surface area (Å²) in [6.07, 6.45) is -1.57. The molecule has 1 aliphatic rings. The highest BCUT2D eigenvalue weighted by Crippen LogP contribution is 2.39. The zero-order valence-corrected chi connectivity index (χ0v) is 22.2. The number of rotatable bonds is 8. The number of fused-ring (bicyclic) bond motifs is 1. The van der Waals surface area contributed by atoms with E-state index in [2.05, 4.69) is 20.6 Å². The van der Waals surface area contributed by atoms with Gasteiger partial charge in [-0.2, -0.15) is 0 Å². The lowest BCUT2D eigenvalue weighted by molar-refractivity contribution is -0.118. The van der Waals surface area contributed by atoms with Gasteiger partial charge in [-0.25, -0.2) is 22.5 Å². The Morgan fingerprint density at radius 1 is 1.12 bits per heavy atom. The molecule has 11 heteroatoms. The Hall–Kier alpha value is -4.67. The minimum Gasteiger partial charge on any atom is -0.356 e. The third-order valence-electron chi connectivity index (χ3n) is 7.21. The fraction of sp³-hybridized carbons (Fsp3) is 0.233. The number of halogens is 4. The van der Waals surface area contributed by atoms with E-state index in [-0.39, 0.29) is 29.0 Å². The number of benzene rings is 2. The maximum absolute atomic E-state index is 14.6. The van der Waals surface area contributed by atoms with Crippen molar-refractivity contribution in [1.29, 1.82) is 0 Å². The predicted octanol–water partition coefficient (Wildman–Crippen LogP) is 6.49. The highest BCUT2D eigenvalue weighted by molar-refractivity contribution is 6.06. The zero-order chi connectivity index (χ0) is 29.3. The molecule has 0 saturated carbocycles. The molecule has 4 aromatic rings. The van der Waals surface area contributed by atoms with Crippen LogP contribution in [0.3, 0.4) is 0 Å². The number of nitrogens with one attached hydrogen (secondary N) is 3. The molecule has 2 aromatic carbocycles. The van der Waals surface area contributed by atoms with Crippen molar-refractivity contribution in [2.75, 3.05) is 17.7 Å². The molecule has 212 valence electrons. The van der Waals surface area contributed by atoms with Gasteiger partial charge in [0.25, 0.3) is 5.91 Å². The van der Waals surface area contributed by atoms with Crippen molar-refractivity contribution in [2.24, 2.45) is 0 Å². The summed E-state index contributed by atoms with van der Waals surface area (Å²) in [5, 5.41) is 5.65. The summed E-state index contributed by atoms with van der Waals surface area (Å²) in [6, 6.07) is 14.0. The molecule has 0 saturated heterocycles. The number of amides is 2. The van der Waals surface area contributed by atoms with E-state index in [4.69, 9.17) is 0 Å². The van der Waals surface area contributed by atoms with Gasteiger partial charge in [-0.3, -0.25) is 9.59 Å². The van der Waals surface area contributed by atoms with Crippen molar-refractivity contribution in [2.45, 2.75) is 38.2 Å². The summed E-state index contributed by atoms with van der Waals surface area (Å²) < 4.78 is 54.7. The van der Waals surface area contributed by atoms with Gasteiger partial charge < -0.3 is 20.5 Å². The highest BCUT2D eigenvalue weighted by atomic mass is 19.3. The topological polar surface area (TPSA) is 90.1 Å². The quantitative estimate of drug-likeness (QED) is 0.213. The highest BCUT2D eigenvalue weighted by Gasteiger charge is 2.34. The number of pyridine rings is 1. The van der Waals surface area contributed by atoms with Crippen LogP contribution < -0.4 is 10.6 Å². The summed E-state index contributed by atoms with van der Waals surface area (Å²) in [5.41, 5.74) is 2.80. The SMILES string of the molecule is C[C@H]1Cc2[nH]c(-c3ccnc(NC(=O)[C@@H](CC(F)F)c4ccc(F)cc4)c3)c(Nc3ccccc3F)c2C(=O)N1C. The molecule has 2 amide bonds. The van der Waals surface area contributed by atoms with Crippen LogP contribution in [0.2, 0.25) is 0 Å². The van der Waals surface area contributed by atoms with Crippen LogP contribution >= 0.6 is 0 Å². The van der Waals surface area contributed by atoms with Crippen LogP contribution in [-0.4, -0.2) is 46.2 Å². The Morgan fingerprint density at radius 2 is 1.85 bits per heavy atom. The van der Waals surface area contributed by atoms with Crippen molar-refractivity contribution in [3.05, 3.63) is 95.3 Å². The third-order valence-corrected chi connectivity index (χ3v) is 7.21. The number of alkyl halides is 2. The normalized spacial score (nSPS) is 15.5. The number of aromatic amines is 1. The first-order chi connectivity index (χ1) is 19.6. The Labute approximate surface area is 233 Å². The summed E-state index contributed by atoms with van der Waals surface area (Å²) in [4.78, 5) is 35.5. The van der Waals surface area contributed by atoms with Crippen LogP contribution in [0.25, 0.3) is 11.3 Å².